The highest BCUT2D eigenvalue weighted by molar-refractivity contribution is 8.03. The van der Waals surface area contributed by atoms with Crippen LogP contribution in [-0.4, -0.2) is 23.9 Å². The fourth-order valence-electron chi connectivity index (χ4n) is 6.76. The molecule has 60 heavy (non-hydrogen) atoms. The lowest BCUT2D eigenvalue weighted by atomic mass is 9.13. The van der Waals surface area contributed by atoms with Crippen molar-refractivity contribution in [2.45, 2.75) is 29.6 Å². The van der Waals surface area contributed by atoms with Crippen molar-refractivity contribution >= 4 is 55.3 Å². The van der Waals surface area contributed by atoms with Gasteiger partial charge in [-0.3, -0.25) is 4.79 Å². The summed E-state index contributed by atoms with van der Waals surface area (Å²) in [5.74, 6) is -0.0957. The van der Waals surface area contributed by atoms with Gasteiger partial charge in [0.1, 0.15) is 22.3 Å². The van der Waals surface area contributed by atoms with Gasteiger partial charge in [0.25, 0.3) is 0 Å². The number of ketones is 1. The van der Waals surface area contributed by atoms with Crippen LogP contribution in [0.3, 0.4) is 0 Å². The van der Waals surface area contributed by atoms with Crippen LogP contribution >= 0.6 is 11.6 Å². The molecule has 2 nitrogen and oxygen atoms in total. The largest absolute Gasteiger partial charge is 0.416 e. The monoisotopic (exact) mass is 884 g/mol. The zero-order chi connectivity index (χ0) is 44.3. The maximum Gasteiger partial charge on any atom is 0.416 e. The van der Waals surface area contributed by atoms with E-state index in [2.05, 4.69) is 0 Å². The molecule has 0 saturated carbocycles. The first-order valence-electron chi connectivity index (χ1n) is 17.5. The van der Waals surface area contributed by atoms with Crippen LogP contribution in [0.5, 0.6) is 0 Å². The van der Waals surface area contributed by atoms with Crippen molar-refractivity contribution in [3.8, 4) is 0 Å². The second-order valence-electron chi connectivity index (χ2n) is 13.7. The van der Waals surface area contributed by atoms with Gasteiger partial charge >= 0.3 is 24.7 Å². The quantitative estimate of drug-likeness (QED) is 0.0661. The first kappa shape index (κ1) is 45.7. The molecule has 0 amide bonds. The Labute approximate surface area is 342 Å². The molecule has 0 bridgehead atoms. The average Bonchev–Trinajstić information content (AvgIpc) is 3.18. The van der Waals surface area contributed by atoms with E-state index in [1.807, 2.05) is 6.07 Å². The highest BCUT2D eigenvalue weighted by Crippen LogP contribution is 2.32. The zero-order valence-corrected chi connectivity index (χ0v) is 32.4. The number of carbonyl (C=O) groups excluding carboxylic acids is 1. The van der Waals surface area contributed by atoms with E-state index < -0.39 is 63.0 Å². The maximum absolute atomic E-state index is 13.3. The van der Waals surface area contributed by atoms with Gasteiger partial charge in [0.05, 0.1) is 22.3 Å². The Bertz CT molecular complexity index is 2190. The third-order valence-electron chi connectivity index (χ3n) is 9.77. The highest BCUT2D eigenvalue weighted by atomic mass is 35.5. The van der Waals surface area contributed by atoms with Crippen molar-refractivity contribution in [2.75, 3.05) is 12.0 Å². The molecule has 314 valence electrons. The SMILES string of the molecule is C[S+](=O)(CC(=O)c1ccccc1)c1ccc(Cl)cc1.FC(F)(F)c1ccc([B-](c2ccc(C(F)(F)F)cc2)(c2ccc(C(F)(F)F)cc2)c2ccc(C(F)(F)F)cc2)cc1. The molecule has 0 spiro atoms. The summed E-state index contributed by atoms with van der Waals surface area (Å²) in [6, 6.07) is 29.3. The molecule has 0 radical (unpaired) electrons. The lowest BCUT2D eigenvalue weighted by molar-refractivity contribution is -0.138. The van der Waals surface area contributed by atoms with Gasteiger partial charge in [-0.2, -0.15) is 74.5 Å². The first-order valence-corrected chi connectivity index (χ1v) is 20.0. The molecule has 0 aliphatic rings. The Kier molecular flexibility index (Phi) is 13.2. The molecule has 1 atom stereocenters. The van der Waals surface area contributed by atoms with E-state index in [4.69, 9.17) is 11.6 Å². The number of hydrogen-bond acceptors (Lipinski definition) is 2. The predicted octanol–water partition coefficient (Wildman–Crippen LogP) is 10.9. The van der Waals surface area contributed by atoms with E-state index in [0.717, 1.165) is 48.5 Å². The van der Waals surface area contributed by atoms with Crippen molar-refractivity contribution in [2.24, 2.45) is 0 Å². The Morgan fingerprint density at radius 3 is 1.02 bits per heavy atom. The minimum atomic E-state index is -4.77. The summed E-state index contributed by atoms with van der Waals surface area (Å²) in [6.45, 7) is 0. The minimum Gasteiger partial charge on any atom is -0.289 e. The van der Waals surface area contributed by atoms with Crippen molar-refractivity contribution in [1.82, 2.24) is 0 Å². The summed E-state index contributed by atoms with van der Waals surface area (Å²) in [7, 11) is -2.38. The number of rotatable bonds is 8. The molecule has 6 rings (SSSR count). The molecule has 17 heteroatoms. The van der Waals surface area contributed by atoms with Gasteiger partial charge < -0.3 is 0 Å². The van der Waals surface area contributed by atoms with Crippen LogP contribution in [0.25, 0.3) is 0 Å². The van der Waals surface area contributed by atoms with Gasteiger partial charge in [0.2, 0.25) is 5.78 Å². The molecule has 0 aromatic heterocycles. The van der Waals surface area contributed by atoms with Gasteiger partial charge in [-0.15, -0.1) is 0 Å². The number of carbonyl (C=O) groups is 1. The summed E-state index contributed by atoms with van der Waals surface area (Å²) in [5.41, 5.74) is -3.71. The van der Waals surface area contributed by atoms with Crippen LogP contribution in [0, 0.1) is 0 Å². The van der Waals surface area contributed by atoms with E-state index in [1.54, 1.807) is 54.8 Å². The number of hydrogen-bond donors (Lipinski definition) is 0. The highest BCUT2D eigenvalue weighted by Gasteiger charge is 2.38. The van der Waals surface area contributed by atoms with Gasteiger partial charge in [-0.25, -0.2) is 0 Å². The Hall–Kier alpha value is -5.35. The Morgan fingerprint density at radius 2 is 0.750 bits per heavy atom. The van der Waals surface area contributed by atoms with Gasteiger partial charge in [0, 0.05) is 10.6 Å². The molecule has 0 aliphatic carbocycles. The number of alkyl halides is 12. The number of halogens is 13. The molecule has 0 N–H and O–H groups in total. The molecular weight excluding hydrogens is 855 g/mol. The zero-order valence-electron chi connectivity index (χ0n) is 30.9. The topological polar surface area (TPSA) is 34.1 Å². The third-order valence-corrected chi connectivity index (χ3v) is 12.1. The molecule has 0 aliphatic heterocycles. The first-order chi connectivity index (χ1) is 27.8. The second kappa shape index (κ2) is 17.3. The van der Waals surface area contributed by atoms with Gasteiger partial charge in [-0.05, 0) is 24.3 Å². The summed E-state index contributed by atoms with van der Waals surface area (Å²) in [6.07, 6.45) is -20.4. The summed E-state index contributed by atoms with van der Waals surface area (Å²) < 4.78 is 173. The van der Waals surface area contributed by atoms with Crippen molar-refractivity contribution in [3.05, 3.63) is 184 Å². The van der Waals surface area contributed by atoms with Crippen LogP contribution in [0.1, 0.15) is 32.6 Å². The van der Waals surface area contributed by atoms with Crippen molar-refractivity contribution in [3.63, 3.8) is 0 Å². The minimum absolute atomic E-state index is 0.0114. The van der Waals surface area contributed by atoms with Crippen LogP contribution in [0.4, 0.5) is 52.7 Å². The maximum atomic E-state index is 13.3. The Morgan fingerprint density at radius 1 is 0.467 bits per heavy atom. The lowest BCUT2D eigenvalue weighted by Crippen LogP contribution is -2.74. The molecule has 6 aromatic carbocycles. The Balaban J connectivity index is 0.000000299. The fraction of sp³-hybridized carbons (Fsp3) is 0.140. The predicted molar refractivity (Wildman–Crippen MR) is 209 cm³/mol. The van der Waals surface area contributed by atoms with Gasteiger partial charge in [0.15, 0.2) is 10.6 Å². The lowest BCUT2D eigenvalue weighted by Gasteiger charge is -2.44. The number of Topliss-reactive ketones (excluding diaryl/α,β-unsaturated/α-hetero) is 1. The van der Waals surface area contributed by atoms with E-state index in [0.29, 0.717) is 64.0 Å². The fourth-order valence-corrected chi connectivity index (χ4v) is 8.43. The summed E-state index contributed by atoms with van der Waals surface area (Å²) >= 11 is 5.80. The smallest absolute Gasteiger partial charge is 0.289 e. The van der Waals surface area contributed by atoms with Crippen LogP contribution < -0.4 is 21.9 Å². The van der Waals surface area contributed by atoms with Crippen LogP contribution in [0.2, 0.25) is 5.02 Å². The normalized spacial score (nSPS) is 13.5. The third kappa shape index (κ3) is 10.5. The summed E-state index contributed by atoms with van der Waals surface area (Å²) in [5, 5.41) is 0.591. The van der Waals surface area contributed by atoms with Crippen molar-refractivity contribution in [1.29, 1.82) is 0 Å². The van der Waals surface area contributed by atoms with E-state index in [9.17, 15) is 61.7 Å². The van der Waals surface area contributed by atoms with E-state index in [-0.39, 0.29) is 33.4 Å². The standard InChI is InChI=1S/C28H16BF12.C15H14ClO2S/c30-25(31,32)17-1-9-21(10-2-17)29(22-11-3-18(4-12-22)26(33,34)35,23-13-5-19(6-14-23)27(36,37)38)24-15-7-20(8-16-24)28(39,40)41;1-19(18,14-9-7-13(16)8-10-14)11-15(17)12-5-3-2-4-6-12/h1-16H;2-10H,11H2,1H3/q-1;+1. The molecule has 0 fully saturated rings. The molecule has 0 saturated heterocycles. The second-order valence-corrected chi connectivity index (χ2v) is 16.9. The summed E-state index contributed by atoms with van der Waals surface area (Å²) in [4.78, 5) is 12.7. The van der Waals surface area contributed by atoms with Crippen LogP contribution in [-0.2, 0) is 38.8 Å². The van der Waals surface area contributed by atoms with E-state index in [1.165, 1.54) is 0 Å². The molecule has 1 unspecified atom stereocenters. The molecule has 0 heterocycles. The van der Waals surface area contributed by atoms with Crippen molar-refractivity contribution < 1.29 is 61.7 Å². The van der Waals surface area contributed by atoms with Gasteiger partial charge in [-0.1, -0.05) is 143 Å². The molecule has 6 aromatic rings. The average molecular weight is 885 g/mol. The van der Waals surface area contributed by atoms with Crippen LogP contribution in [0.15, 0.2) is 157 Å². The molecular formula is C43H30BClF12O2S. The van der Waals surface area contributed by atoms with E-state index >= 15 is 0 Å². The number of benzene rings is 6.